The number of hydrogen-bond donors (Lipinski definition) is 2. The quantitative estimate of drug-likeness (QED) is 0.798. The van der Waals surface area contributed by atoms with Gasteiger partial charge in [0.05, 0.1) is 16.1 Å². The van der Waals surface area contributed by atoms with Gasteiger partial charge in [0.25, 0.3) is 12.3 Å². The highest BCUT2D eigenvalue weighted by Gasteiger charge is 2.34. The van der Waals surface area contributed by atoms with Gasteiger partial charge in [-0.15, -0.1) is 11.3 Å². The van der Waals surface area contributed by atoms with Crippen molar-refractivity contribution in [2.24, 2.45) is 11.5 Å². The van der Waals surface area contributed by atoms with Gasteiger partial charge in [-0.3, -0.25) is 9.59 Å². The maximum absolute atomic E-state index is 12.2. The molecule has 25 heavy (non-hydrogen) atoms. The third-order valence-electron chi connectivity index (χ3n) is 2.69. The first-order valence-electron chi connectivity index (χ1n) is 6.46. The molecule has 5 nitrogen and oxygen atoms in total. The topological polar surface area (TPSA) is 99.1 Å². The molecular formula is C14H12F5N3O2S. The molecule has 0 aliphatic carbocycles. The first kappa shape index (κ1) is 20.5. The number of aryl methyl sites for hydroxylation is 1. The molecule has 0 aliphatic rings. The molecule has 2 amide bonds. The van der Waals surface area contributed by atoms with E-state index in [4.69, 9.17) is 11.5 Å². The van der Waals surface area contributed by atoms with Crippen molar-refractivity contribution in [1.82, 2.24) is 4.98 Å². The van der Waals surface area contributed by atoms with Gasteiger partial charge in [-0.25, -0.2) is 13.8 Å². The average Bonchev–Trinajstić information content (AvgIpc) is 2.89. The van der Waals surface area contributed by atoms with Crippen LogP contribution in [0.25, 0.3) is 0 Å². The van der Waals surface area contributed by atoms with Gasteiger partial charge in [0.2, 0.25) is 5.91 Å². The van der Waals surface area contributed by atoms with Crippen LogP contribution in [0.15, 0.2) is 24.3 Å². The molecule has 0 fully saturated rings. The summed E-state index contributed by atoms with van der Waals surface area (Å²) in [4.78, 5) is 24.5. The van der Waals surface area contributed by atoms with E-state index in [1.54, 1.807) is 6.92 Å². The van der Waals surface area contributed by atoms with Crippen molar-refractivity contribution in [2.75, 3.05) is 0 Å². The molecule has 0 aliphatic heterocycles. The minimum Gasteiger partial charge on any atom is -0.366 e. The third kappa shape index (κ3) is 5.48. The van der Waals surface area contributed by atoms with Crippen LogP contribution in [0.4, 0.5) is 22.0 Å². The molecule has 0 bridgehead atoms. The Labute approximate surface area is 142 Å². The zero-order chi connectivity index (χ0) is 19.4. The Kier molecular flexibility index (Phi) is 6.56. The third-order valence-corrected chi connectivity index (χ3v) is 3.69. The molecule has 0 atom stereocenters. The van der Waals surface area contributed by atoms with E-state index in [0.29, 0.717) is 5.01 Å². The second kappa shape index (κ2) is 8.01. The molecule has 2 aromatic rings. The maximum Gasteiger partial charge on any atom is 0.417 e. The smallest absolute Gasteiger partial charge is 0.366 e. The predicted octanol–water partition coefficient (Wildman–Crippen LogP) is 3.29. The number of hydrogen-bond acceptors (Lipinski definition) is 4. The fourth-order valence-electron chi connectivity index (χ4n) is 1.71. The number of carbonyl (C=O) groups is 2. The minimum atomic E-state index is -4.54. The lowest BCUT2D eigenvalue weighted by molar-refractivity contribution is -0.137. The monoisotopic (exact) mass is 381 g/mol. The van der Waals surface area contributed by atoms with Crippen LogP contribution in [0.3, 0.4) is 0 Å². The number of carbonyl (C=O) groups excluding carboxylic acids is 2. The van der Waals surface area contributed by atoms with E-state index in [2.05, 4.69) is 4.98 Å². The highest BCUT2D eigenvalue weighted by molar-refractivity contribution is 7.13. The summed E-state index contributed by atoms with van der Waals surface area (Å²) in [5.74, 6) is -1.93. The number of nitrogens with two attached hydrogens (primary N) is 2. The molecule has 0 spiro atoms. The first-order chi connectivity index (χ1) is 11.4. The molecule has 136 valence electrons. The lowest BCUT2D eigenvalue weighted by Gasteiger charge is -2.09. The molecule has 0 saturated heterocycles. The van der Waals surface area contributed by atoms with Crippen molar-refractivity contribution in [3.05, 3.63) is 51.0 Å². The van der Waals surface area contributed by atoms with Crippen LogP contribution in [0.1, 0.15) is 42.7 Å². The molecule has 0 saturated carbocycles. The molecule has 0 unspecified atom stereocenters. The van der Waals surface area contributed by atoms with E-state index in [-0.39, 0.29) is 4.88 Å². The van der Waals surface area contributed by atoms with Crippen LogP contribution in [0.5, 0.6) is 0 Å². The average molecular weight is 381 g/mol. The van der Waals surface area contributed by atoms with Crippen molar-refractivity contribution in [3.63, 3.8) is 0 Å². The summed E-state index contributed by atoms with van der Waals surface area (Å²) in [5, 5.41) is 0.416. The van der Waals surface area contributed by atoms with Gasteiger partial charge in [-0.1, -0.05) is 12.1 Å². The number of thiazole rings is 1. The van der Waals surface area contributed by atoms with Gasteiger partial charge in [-0.05, 0) is 19.1 Å². The number of halogens is 5. The van der Waals surface area contributed by atoms with Crippen LogP contribution in [0, 0.1) is 6.92 Å². The summed E-state index contributed by atoms with van der Waals surface area (Å²) >= 11 is 0.885. The summed E-state index contributed by atoms with van der Waals surface area (Å²) in [7, 11) is 0. The van der Waals surface area contributed by atoms with Gasteiger partial charge in [0.1, 0.15) is 10.6 Å². The molecule has 2 rings (SSSR count). The largest absolute Gasteiger partial charge is 0.417 e. The number of benzene rings is 1. The van der Waals surface area contributed by atoms with Gasteiger partial charge < -0.3 is 11.5 Å². The summed E-state index contributed by atoms with van der Waals surface area (Å²) in [6.07, 6.45) is -7.27. The van der Waals surface area contributed by atoms with Crippen LogP contribution in [-0.4, -0.2) is 16.8 Å². The Bertz CT molecular complexity index is 774. The SMILES string of the molecule is Cc1nc(C(F)F)c(C(N)=O)s1.NC(=O)c1ccccc1C(F)(F)F. The van der Waals surface area contributed by atoms with Crippen LogP contribution >= 0.6 is 11.3 Å². The number of primary amides is 2. The molecule has 0 radical (unpaired) electrons. The Balaban J connectivity index is 0.000000251. The Morgan fingerprint density at radius 1 is 1.12 bits per heavy atom. The van der Waals surface area contributed by atoms with E-state index in [1.807, 2.05) is 0 Å². The first-order valence-corrected chi connectivity index (χ1v) is 7.28. The van der Waals surface area contributed by atoms with Crippen molar-refractivity contribution in [2.45, 2.75) is 19.5 Å². The van der Waals surface area contributed by atoms with Crippen LogP contribution < -0.4 is 11.5 Å². The molecular weight excluding hydrogens is 369 g/mol. The van der Waals surface area contributed by atoms with Crippen LogP contribution in [0.2, 0.25) is 0 Å². The minimum absolute atomic E-state index is 0.150. The fourth-order valence-corrected chi connectivity index (χ4v) is 2.49. The Morgan fingerprint density at radius 3 is 2.04 bits per heavy atom. The Morgan fingerprint density at radius 2 is 1.68 bits per heavy atom. The second-order valence-electron chi connectivity index (χ2n) is 4.52. The zero-order valence-electron chi connectivity index (χ0n) is 12.6. The van der Waals surface area contributed by atoms with Gasteiger partial charge >= 0.3 is 6.18 Å². The highest BCUT2D eigenvalue weighted by Crippen LogP contribution is 2.31. The summed E-state index contributed by atoms with van der Waals surface area (Å²) < 4.78 is 60.9. The van der Waals surface area contributed by atoms with E-state index in [0.717, 1.165) is 23.5 Å². The number of nitrogens with zero attached hydrogens (tertiary/aromatic N) is 1. The molecule has 4 N–H and O–H groups in total. The van der Waals surface area contributed by atoms with E-state index >= 15 is 0 Å². The number of amides is 2. The molecule has 1 aromatic carbocycles. The van der Waals surface area contributed by atoms with Crippen molar-refractivity contribution >= 4 is 23.2 Å². The van der Waals surface area contributed by atoms with Crippen molar-refractivity contribution in [1.29, 1.82) is 0 Å². The molecule has 11 heteroatoms. The van der Waals surface area contributed by atoms with Gasteiger partial charge in [-0.2, -0.15) is 13.2 Å². The number of aromatic nitrogens is 1. The normalized spacial score (nSPS) is 11.0. The highest BCUT2D eigenvalue weighted by atomic mass is 32.1. The lowest BCUT2D eigenvalue weighted by Crippen LogP contribution is -2.18. The van der Waals surface area contributed by atoms with E-state index in [9.17, 15) is 31.5 Å². The lowest BCUT2D eigenvalue weighted by atomic mass is 10.1. The summed E-state index contributed by atoms with van der Waals surface area (Å²) in [5.41, 5.74) is 7.62. The molecule has 1 aromatic heterocycles. The maximum atomic E-state index is 12.2. The van der Waals surface area contributed by atoms with Gasteiger partial charge in [0, 0.05) is 0 Å². The van der Waals surface area contributed by atoms with Crippen LogP contribution in [-0.2, 0) is 6.18 Å². The van der Waals surface area contributed by atoms with E-state index < -0.39 is 41.2 Å². The van der Waals surface area contributed by atoms with Crippen molar-refractivity contribution in [3.8, 4) is 0 Å². The molecule has 1 heterocycles. The van der Waals surface area contributed by atoms with Crippen molar-refractivity contribution < 1.29 is 31.5 Å². The summed E-state index contributed by atoms with van der Waals surface area (Å²) in [6.45, 7) is 1.54. The number of alkyl halides is 5. The van der Waals surface area contributed by atoms with E-state index in [1.165, 1.54) is 12.1 Å². The van der Waals surface area contributed by atoms with Gasteiger partial charge in [0.15, 0.2) is 0 Å². The fraction of sp³-hybridized carbons (Fsp3) is 0.214. The summed E-state index contributed by atoms with van der Waals surface area (Å²) in [6, 6.07) is 4.40. The zero-order valence-corrected chi connectivity index (χ0v) is 13.4. The number of rotatable bonds is 3. The second-order valence-corrected chi connectivity index (χ2v) is 5.72. The standard InChI is InChI=1S/C8H6F3NO.C6H6F2N2OS/c9-8(10,11)6-4-2-1-3-5(6)7(12)13;1-2-10-3(5(7)8)4(12-2)6(9)11/h1-4H,(H2,12,13);5H,1H3,(H2,9,11). The Hall–Kier alpha value is -2.56. The predicted molar refractivity (Wildman–Crippen MR) is 80.3 cm³/mol.